The van der Waals surface area contributed by atoms with Gasteiger partial charge in [0.15, 0.2) is 0 Å². The average molecular weight is 385 g/mol. The number of carboxylic acids is 1. The fourth-order valence-corrected chi connectivity index (χ4v) is 4.08. The number of aromatic amines is 1. The van der Waals surface area contributed by atoms with E-state index in [0.29, 0.717) is 10.9 Å². The van der Waals surface area contributed by atoms with E-state index in [1.165, 1.54) is 42.6 Å². The largest absolute Gasteiger partial charge is 0.478 e. The quantitative estimate of drug-likeness (QED) is 0.633. The van der Waals surface area contributed by atoms with E-state index in [-0.39, 0.29) is 26.2 Å². The van der Waals surface area contributed by atoms with Gasteiger partial charge in [-0.2, -0.15) is 0 Å². The number of carboxylic acid groups (broad SMARTS) is 1. The zero-order valence-electron chi connectivity index (χ0n) is 11.9. The Bertz CT molecular complexity index is 1060. The summed E-state index contributed by atoms with van der Waals surface area (Å²) in [7, 11) is -3.94. The Balaban J connectivity index is 2.00. The number of fused-ring (bicyclic) bond motifs is 1. The third-order valence-electron chi connectivity index (χ3n) is 3.37. The minimum Gasteiger partial charge on any atom is -0.478 e. The lowest BCUT2D eigenvalue weighted by molar-refractivity contribution is 0.0699. The van der Waals surface area contributed by atoms with E-state index in [2.05, 4.69) is 9.71 Å². The summed E-state index contributed by atoms with van der Waals surface area (Å²) in [6, 6.07) is 8.80. The molecule has 124 valence electrons. The van der Waals surface area contributed by atoms with Crippen molar-refractivity contribution in [3.8, 4) is 0 Å². The van der Waals surface area contributed by atoms with E-state index < -0.39 is 16.0 Å². The first-order valence-corrected chi connectivity index (χ1v) is 8.85. The Morgan fingerprint density at radius 2 is 1.92 bits per heavy atom. The van der Waals surface area contributed by atoms with Crippen LogP contribution < -0.4 is 4.72 Å². The van der Waals surface area contributed by atoms with Gasteiger partial charge in [-0.1, -0.05) is 29.3 Å². The monoisotopic (exact) mass is 384 g/mol. The minimum absolute atomic E-state index is 0.0687. The van der Waals surface area contributed by atoms with Crippen LogP contribution in [0.2, 0.25) is 10.0 Å². The molecule has 0 atom stereocenters. The second-order valence-corrected chi connectivity index (χ2v) is 7.36. The normalized spacial score (nSPS) is 11.6. The van der Waals surface area contributed by atoms with Crippen LogP contribution >= 0.6 is 23.2 Å². The standard InChI is InChI=1S/C15H10Cl2N2O4S/c16-11-2-1-3-13(14(11)17)24(22,23)19-8-4-5-9-10(15(20)21)7-18-12(9)6-8/h1-7,18-19H,(H,20,21). The van der Waals surface area contributed by atoms with Crippen molar-refractivity contribution in [1.82, 2.24) is 4.98 Å². The van der Waals surface area contributed by atoms with Crippen LogP contribution in [0.5, 0.6) is 0 Å². The molecule has 0 fully saturated rings. The molecule has 0 amide bonds. The van der Waals surface area contributed by atoms with E-state index in [9.17, 15) is 13.2 Å². The highest BCUT2D eigenvalue weighted by molar-refractivity contribution is 7.92. The number of halogens is 2. The first-order valence-electron chi connectivity index (χ1n) is 6.61. The van der Waals surface area contributed by atoms with Gasteiger partial charge in [0.1, 0.15) is 4.90 Å². The maximum atomic E-state index is 12.5. The molecule has 3 rings (SSSR count). The molecule has 0 aliphatic rings. The predicted octanol–water partition coefficient (Wildman–Crippen LogP) is 3.97. The highest BCUT2D eigenvalue weighted by atomic mass is 35.5. The van der Waals surface area contributed by atoms with Gasteiger partial charge in [0.25, 0.3) is 10.0 Å². The third-order valence-corrected chi connectivity index (χ3v) is 5.72. The molecule has 0 bridgehead atoms. The number of hydrogen-bond donors (Lipinski definition) is 3. The van der Waals surface area contributed by atoms with Crippen molar-refractivity contribution in [2.24, 2.45) is 0 Å². The second kappa shape index (κ2) is 6.01. The topological polar surface area (TPSA) is 99.3 Å². The number of aromatic carboxylic acids is 1. The summed E-state index contributed by atoms with van der Waals surface area (Å²) < 4.78 is 27.3. The van der Waals surface area contributed by atoms with Crippen LogP contribution in [-0.2, 0) is 10.0 Å². The van der Waals surface area contributed by atoms with Gasteiger partial charge in [0, 0.05) is 17.1 Å². The van der Waals surface area contributed by atoms with E-state index in [0.717, 1.165) is 0 Å². The van der Waals surface area contributed by atoms with E-state index in [1.807, 2.05) is 0 Å². The van der Waals surface area contributed by atoms with Gasteiger partial charge in [-0.15, -0.1) is 0 Å². The van der Waals surface area contributed by atoms with Gasteiger partial charge in [-0.05, 0) is 30.3 Å². The molecule has 2 aromatic carbocycles. The summed E-state index contributed by atoms with van der Waals surface area (Å²) in [5.74, 6) is -1.07. The van der Waals surface area contributed by atoms with Crippen LogP contribution in [0.1, 0.15) is 10.4 Å². The Morgan fingerprint density at radius 3 is 2.62 bits per heavy atom. The molecule has 0 aliphatic heterocycles. The molecule has 1 aromatic heterocycles. The Morgan fingerprint density at radius 1 is 1.17 bits per heavy atom. The highest BCUT2D eigenvalue weighted by Crippen LogP contribution is 2.31. The maximum absolute atomic E-state index is 12.5. The molecule has 0 saturated carbocycles. The molecule has 9 heteroatoms. The van der Waals surface area contributed by atoms with Crippen molar-refractivity contribution < 1.29 is 18.3 Å². The number of rotatable bonds is 4. The Kier molecular flexibility index (Phi) is 4.16. The summed E-state index contributed by atoms with van der Waals surface area (Å²) in [5.41, 5.74) is 0.861. The van der Waals surface area contributed by atoms with Crippen molar-refractivity contribution in [2.45, 2.75) is 4.90 Å². The van der Waals surface area contributed by atoms with Crippen LogP contribution in [0.15, 0.2) is 47.5 Å². The summed E-state index contributed by atoms with van der Waals surface area (Å²) in [6.07, 6.45) is 1.35. The van der Waals surface area contributed by atoms with Crippen LogP contribution in [0, 0.1) is 0 Å². The number of anilines is 1. The van der Waals surface area contributed by atoms with Crippen LogP contribution in [0.3, 0.4) is 0 Å². The first-order chi connectivity index (χ1) is 11.3. The van der Waals surface area contributed by atoms with Crippen molar-refractivity contribution in [3.63, 3.8) is 0 Å². The molecule has 6 nitrogen and oxygen atoms in total. The molecule has 0 radical (unpaired) electrons. The smallest absolute Gasteiger partial charge is 0.337 e. The third kappa shape index (κ3) is 2.93. The summed E-state index contributed by atoms with van der Waals surface area (Å²) >= 11 is 11.8. The zero-order chi connectivity index (χ0) is 17.5. The van der Waals surface area contributed by atoms with Crippen LogP contribution in [0.4, 0.5) is 5.69 Å². The Hall–Kier alpha value is -2.22. The number of H-pyrrole nitrogens is 1. The Labute approximate surface area is 147 Å². The minimum atomic E-state index is -3.94. The summed E-state index contributed by atoms with van der Waals surface area (Å²) in [6.45, 7) is 0. The van der Waals surface area contributed by atoms with Gasteiger partial charge in [-0.3, -0.25) is 4.72 Å². The molecule has 1 heterocycles. The summed E-state index contributed by atoms with van der Waals surface area (Å²) in [5, 5.41) is 9.61. The number of sulfonamides is 1. The van der Waals surface area contributed by atoms with E-state index in [4.69, 9.17) is 28.3 Å². The fraction of sp³-hybridized carbons (Fsp3) is 0. The first kappa shape index (κ1) is 16.6. The number of aromatic nitrogens is 1. The molecule has 3 N–H and O–H groups in total. The predicted molar refractivity (Wildman–Crippen MR) is 92.5 cm³/mol. The number of hydrogen-bond acceptors (Lipinski definition) is 3. The van der Waals surface area contributed by atoms with Gasteiger partial charge >= 0.3 is 5.97 Å². The SMILES string of the molecule is O=C(O)c1c[nH]c2cc(NS(=O)(=O)c3cccc(Cl)c3Cl)ccc12. The lowest BCUT2D eigenvalue weighted by Crippen LogP contribution is -2.13. The van der Waals surface area contributed by atoms with Crippen molar-refractivity contribution >= 4 is 55.8 Å². The molecule has 24 heavy (non-hydrogen) atoms. The van der Waals surface area contributed by atoms with Gasteiger partial charge in [-0.25, -0.2) is 13.2 Å². The fourth-order valence-electron chi connectivity index (χ4n) is 2.27. The van der Waals surface area contributed by atoms with Crippen molar-refractivity contribution in [3.05, 3.63) is 58.2 Å². The molecule has 0 aliphatic carbocycles. The van der Waals surface area contributed by atoms with Gasteiger partial charge < -0.3 is 10.1 Å². The van der Waals surface area contributed by atoms with Crippen molar-refractivity contribution in [1.29, 1.82) is 0 Å². The molecule has 0 unspecified atom stereocenters. The second-order valence-electron chi connectivity index (χ2n) is 4.93. The van der Waals surface area contributed by atoms with Gasteiger partial charge in [0.2, 0.25) is 0 Å². The average Bonchev–Trinajstić information content (AvgIpc) is 2.92. The van der Waals surface area contributed by atoms with Gasteiger partial charge in [0.05, 0.1) is 21.3 Å². The van der Waals surface area contributed by atoms with E-state index in [1.54, 1.807) is 0 Å². The molecule has 0 spiro atoms. The highest BCUT2D eigenvalue weighted by Gasteiger charge is 2.20. The molecule has 0 saturated heterocycles. The maximum Gasteiger partial charge on any atom is 0.337 e. The zero-order valence-corrected chi connectivity index (χ0v) is 14.2. The lowest BCUT2D eigenvalue weighted by Gasteiger charge is -2.10. The van der Waals surface area contributed by atoms with Crippen molar-refractivity contribution in [2.75, 3.05) is 4.72 Å². The summed E-state index contributed by atoms with van der Waals surface area (Å²) in [4.78, 5) is 13.7. The number of nitrogens with one attached hydrogen (secondary N) is 2. The number of carbonyl (C=O) groups is 1. The van der Waals surface area contributed by atoms with Crippen LogP contribution in [0.25, 0.3) is 10.9 Å². The van der Waals surface area contributed by atoms with E-state index >= 15 is 0 Å². The van der Waals surface area contributed by atoms with Crippen LogP contribution in [-0.4, -0.2) is 24.5 Å². The number of benzene rings is 2. The molecular formula is C15H10Cl2N2O4S. The molecule has 3 aromatic rings. The molecular weight excluding hydrogens is 375 g/mol. The lowest BCUT2D eigenvalue weighted by atomic mass is 10.1.